The summed E-state index contributed by atoms with van der Waals surface area (Å²) in [5.74, 6) is 0. The maximum atomic E-state index is 12.4. The number of anilines is 2. The van der Waals surface area contributed by atoms with Gasteiger partial charge >= 0.3 is 0 Å². The summed E-state index contributed by atoms with van der Waals surface area (Å²) in [5.41, 5.74) is 5.58. The van der Waals surface area contributed by atoms with Crippen molar-refractivity contribution in [1.82, 2.24) is 9.97 Å². The number of halogens is 4. The number of hydrogen-bond acceptors (Lipinski definition) is 5. The molecule has 0 saturated carbocycles. The molecule has 21 heavy (non-hydrogen) atoms. The van der Waals surface area contributed by atoms with Crippen LogP contribution in [0.25, 0.3) is 0 Å². The third kappa shape index (κ3) is 3.44. The molecule has 0 bridgehead atoms. The molecule has 1 aromatic carbocycles. The van der Waals surface area contributed by atoms with Crippen LogP contribution in [0.2, 0.25) is 20.4 Å². The van der Waals surface area contributed by atoms with Gasteiger partial charge < -0.3 is 5.73 Å². The van der Waals surface area contributed by atoms with Crippen molar-refractivity contribution in [3.63, 3.8) is 0 Å². The molecular formula is C10H6Cl4N4O2S. The molecule has 3 N–H and O–H groups in total. The molecule has 0 saturated heterocycles. The zero-order chi connectivity index (χ0) is 15.8. The lowest BCUT2D eigenvalue weighted by Gasteiger charge is -2.12. The molecule has 112 valence electrons. The first-order valence-electron chi connectivity index (χ1n) is 5.15. The number of benzene rings is 1. The van der Waals surface area contributed by atoms with Gasteiger partial charge in [0.1, 0.15) is 16.9 Å². The van der Waals surface area contributed by atoms with Gasteiger partial charge in [0.15, 0.2) is 10.3 Å². The van der Waals surface area contributed by atoms with Crippen molar-refractivity contribution in [2.75, 3.05) is 10.5 Å². The van der Waals surface area contributed by atoms with Crippen LogP contribution in [-0.4, -0.2) is 18.4 Å². The topological polar surface area (TPSA) is 98.0 Å². The third-order valence-corrected chi connectivity index (χ3v) is 5.12. The van der Waals surface area contributed by atoms with Crippen LogP contribution in [-0.2, 0) is 10.0 Å². The average molecular weight is 388 g/mol. The average Bonchev–Trinajstić information content (AvgIpc) is 2.32. The predicted octanol–water partition coefficient (Wildman–Crippen LogP) is 3.47. The van der Waals surface area contributed by atoms with Crippen molar-refractivity contribution in [3.8, 4) is 0 Å². The standard InChI is InChI=1S/C10H6Cl4N4O2S/c11-5-1-4(15)2-6(12)8(5)21(19,20)18-7-9(13)16-3-17-10(7)14/h1-3,18H,15H2. The Bertz CT molecular complexity index is 769. The number of aromatic nitrogens is 2. The van der Waals surface area contributed by atoms with Gasteiger partial charge in [0.05, 0.1) is 10.0 Å². The molecule has 0 unspecified atom stereocenters. The zero-order valence-corrected chi connectivity index (χ0v) is 13.8. The van der Waals surface area contributed by atoms with Crippen LogP contribution < -0.4 is 10.5 Å². The van der Waals surface area contributed by atoms with E-state index in [1.165, 1.54) is 12.1 Å². The van der Waals surface area contributed by atoms with Crippen LogP contribution in [0, 0.1) is 0 Å². The Labute approximate surface area is 140 Å². The van der Waals surface area contributed by atoms with E-state index >= 15 is 0 Å². The minimum atomic E-state index is -4.15. The molecule has 0 amide bonds. The number of rotatable bonds is 3. The third-order valence-electron chi connectivity index (χ3n) is 2.28. The van der Waals surface area contributed by atoms with Gasteiger partial charge in [-0.05, 0) is 12.1 Å². The molecular weight excluding hydrogens is 382 g/mol. The summed E-state index contributed by atoms with van der Waals surface area (Å²) in [7, 11) is -4.15. The molecule has 1 aromatic heterocycles. The van der Waals surface area contributed by atoms with Crippen LogP contribution in [0.15, 0.2) is 23.4 Å². The second kappa shape index (κ2) is 6.02. The fourth-order valence-corrected chi connectivity index (χ4v) is 4.28. The number of nitrogens with two attached hydrogens (primary N) is 1. The maximum absolute atomic E-state index is 12.4. The van der Waals surface area contributed by atoms with Crippen LogP contribution in [0.3, 0.4) is 0 Å². The minimum absolute atomic E-state index is 0.142. The fourth-order valence-electron chi connectivity index (χ4n) is 1.45. The van der Waals surface area contributed by atoms with Crippen molar-refractivity contribution in [3.05, 3.63) is 38.8 Å². The molecule has 0 fully saturated rings. The van der Waals surface area contributed by atoms with E-state index in [9.17, 15) is 8.42 Å². The van der Waals surface area contributed by atoms with Gasteiger partial charge in [-0.25, -0.2) is 18.4 Å². The Kier molecular flexibility index (Phi) is 4.69. The molecule has 0 atom stereocenters. The van der Waals surface area contributed by atoms with Gasteiger partial charge in [0.25, 0.3) is 10.0 Å². The van der Waals surface area contributed by atoms with E-state index in [4.69, 9.17) is 52.1 Å². The molecule has 0 aliphatic carbocycles. The van der Waals surface area contributed by atoms with Crippen LogP contribution in [0.4, 0.5) is 11.4 Å². The lowest BCUT2D eigenvalue weighted by Crippen LogP contribution is -2.15. The summed E-state index contributed by atoms with van der Waals surface area (Å²) in [6.07, 6.45) is 1.09. The van der Waals surface area contributed by atoms with Gasteiger partial charge in [0, 0.05) is 5.69 Å². The van der Waals surface area contributed by atoms with Gasteiger partial charge in [-0.2, -0.15) is 0 Å². The Balaban J connectivity index is 2.54. The summed E-state index contributed by atoms with van der Waals surface area (Å²) >= 11 is 23.3. The Hall–Kier alpha value is -0.990. The normalized spacial score (nSPS) is 11.4. The lowest BCUT2D eigenvalue weighted by atomic mass is 10.3. The Morgan fingerprint density at radius 1 is 1.00 bits per heavy atom. The molecule has 6 nitrogen and oxygen atoms in total. The highest BCUT2D eigenvalue weighted by Gasteiger charge is 2.25. The SMILES string of the molecule is Nc1cc(Cl)c(S(=O)(=O)Nc2c(Cl)ncnc2Cl)c(Cl)c1. The van der Waals surface area contributed by atoms with Crippen LogP contribution in [0.5, 0.6) is 0 Å². The summed E-state index contributed by atoms with van der Waals surface area (Å²) in [4.78, 5) is 6.92. The second-order valence-corrected chi connectivity index (χ2v) is 6.90. The number of nitrogens with zero attached hydrogens (tertiary/aromatic N) is 2. The first-order chi connectivity index (χ1) is 9.72. The van der Waals surface area contributed by atoms with Crippen molar-refractivity contribution < 1.29 is 8.42 Å². The Morgan fingerprint density at radius 3 is 1.95 bits per heavy atom. The number of hydrogen-bond donors (Lipinski definition) is 2. The van der Waals surface area contributed by atoms with Crippen molar-refractivity contribution >= 4 is 67.8 Å². The van der Waals surface area contributed by atoms with Crippen LogP contribution >= 0.6 is 46.4 Å². The smallest absolute Gasteiger partial charge is 0.265 e. The van der Waals surface area contributed by atoms with Crippen molar-refractivity contribution in [2.45, 2.75) is 4.90 Å². The van der Waals surface area contributed by atoms with Gasteiger partial charge in [-0.15, -0.1) is 0 Å². The molecule has 0 spiro atoms. The van der Waals surface area contributed by atoms with Gasteiger partial charge in [-0.3, -0.25) is 4.72 Å². The van der Waals surface area contributed by atoms with E-state index in [1.54, 1.807) is 0 Å². The summed E-state index contributed by atoms with van der Waals surface area (Å²) in [6, 6.07) is 2.51. The quantitative estimate of drug-likeness (QED) is 0.620. The van der Waals surface area contributed by atoms with E-state index in [1.807, 2.05) is 0 Å². The van der Waals surface area contributed by atoms with E-state index in [0.717, 1.165) is 6.33 Å². The molecule has 2 rings (SSSR count). The van der Waals surface area contributed by atoms with E-state index in [-0.39, 0.29) is 36.6 Å². The highest BCUT2D eigenvalue weighted by atomic mass is 35.5. The summed E-state index contributed by atoms with van der Waals surface area (Å²) in [5, 5.41) is -0.615. The largest absolute Gasteiger partial charge is 0.399 e. The van der Waals surface area contributed by atoms with E-state index < -0.39 is 10.0 Å². The molecule has 11 heteroatoms. The predicted molar refractivity (Wildman–Crippen MR) is 83.7 cm³/mol. The fraction of sp³-hybridized carbons (Fsp3) is 0. The first kappa shape index (κ1) is 16.4. The summed E-state index contributed by atoms with van der Waals surface area (Å²) in [6.45, 7) is 0. The first-order valence-corrected chi connectivity index (χ1v) is 8.15. The lowest BCUT2D eigenvalue weighted by molar-refractivity contribution is 0.601. The molecule has 1 heterocycles. The molecule has 0 aliphatic rings. The van der Waals surface area contributed by atoms with Gasteiger partial charge in [-0.1, -0.05) is 46.4 Å². The second-order valence-electron chi connectivity index (χ2n) is 3.75. The molecule has 0 aliphatic heterocycles. The van der Waals surface area contributed by atoms with Crippen molar-refractivity contribution in [1.29, 1.82) is 0 Å². The number of nitrogens with one attached hydrogen (secondary N) is 1. The maximum Gasteiger partial charge on any atom is 0.265 e. The highest BCUT2D eigenvalue weighted by molar-refractivity contribution is 7.93. The molecule has 2 aromatic rings. The minimum Gasteiger partial charge on any atom is -0.399 e. The number of nitrogen functional groups attached to an aromatic ring is 1. The Morgan fingerprint density at radius 2 is 1.48 bits per heavy atom. The van der Waals surface area contributed by atoms with Gasteiger partial charge in [0.2, 0.25) is 0 Å². The van der Waals surface area contributed by atoms with Crippen LogP contribution in [0.1, 0.15) is 0 Å². The van der Waals surface area contributed by atoms with Crippen molar-refractivity contribution in [2.24, 2.45) is 0 Å². The van der Waals surface area contributed by atoms with E-state index in [0.29, 0.717) is 0 Å². The zero-order valence-electron chi connectivity index (χ0n) is 9.94. The monoisotopic (exact) mass is 386 g/mol. The van der Waals surface area contributed by atoms with E-state index in [2.05, 4.69) is 14.7 Å². The molecule has 0 radical (unpaired) electrons. The summed E-state index contributed by atoms with van der Waals surface area (Å²) < 4.78 is 26.9. The number of sulfonamides is 1. The highest BCUT2D eigenvalue weighted by Crippen LogP contribution is 2.35.